The summed E-state index contributed by atoms with van der Waals surface area (Å²) in [5.74, 6) is 3.19. The van der Waals surface area contributed by atoms with Crippen molar-refractivity contribution in [1.29, 1.82) is 0 Å². The van der Waals surface area contributed by atoms with Crippen molar-refractivity contribution in [2.45, 2.75) is 96.9 Å². The van der Waals surface area contributed by atoms with E-state index in [1.165, 1.54) is 56.9 Å². The second-order valence-electron chi connectivity index (χ2n) is 12.6. The van der Waals surface area contributed by atoms with Gasteiger partial charge in [-0.1, -0.05) is 44.2 Å². The maximum atomic E-state index is 13.6. The van der Waals surface area contributed by atoms with Gasteiger partial charge >= 0.3 is 0 Å². The maximum Gasteiger partial charge on any atom is 0.165 e. The summed E-state index contributed by atoms with van der Waals surface area (Å²) < 4.78 is 12.3. The molecule has 0 radical (unpaired) electrons. The van der Waals surface area contributed by atoms with E-state index >= 15 is 0 Å². The Morgan fingerprint density at radius 3 is 2.62 bits per heavy atom. The molecule has 0 aromatic heterocycles. The Bertz CT molecular complexity index is 931. The number of rotatable bonds is 3. The van der Waals surface area contributed by atoms with Crippen molar-refractivity contribution < 1.29 is 14.3 Å². The zero-order valence-corrected chi connectivity index (χ0v) is 21.1. The lowest BCUT2D eigenvalue weighted by Crippen LogP contribution is -2.54. The topological polar surface area (TPSA) is 35.5 Å². The number of ether oxygens (including phenoxy) is 2. The fourth-order valence-corrected chi connectivity index (χ4v) is 8.93. The van der Waals surface area contributed by atoms with Gasteiger partial charge in [0, 0.05) is 12.0 Å². The van der Waals surface area contributed by atoms with Crippen LogP contribution in [0, 0.1) is 34.5 Å². The van der Waals surface area contributed by atoms with E-state index < -0.39 is 0 Å². The second-order valence-corrected chi connectivity index (χ2v) is 12.6. The molecule has 3 heteroatoms. The van der Waals surface area contributed by atoms with Crippen LogP contribution in [0.2, 0.25) is 0 Å². The highest BCUT2D eigenvalue weighted by Crippen LogP contribution is 2.66. The van der Waals surface area contributed by atoms with E-state index in [9.17, 15) is 4.79 Å². The number of hydrogen-bond acceptors (Lipinski definition) is 3. The van der Waals surface area contributed by atoms with Gasteiger partial charge in [-0.05, 0) is 117 Å². The average Bonchev–Trinajstić information content (AvgIpc) is 3.11. The highest BCUT2D eigenvalue weighted by molar-refractivity contribution is 6.05. The molecule has 5 fully saturated rings. The number of Topliss-reactive ketones (excluding diaryl/α,β-unsaturated/α-hetero) is 1. The van der Waals surface area contributed by atoms with Crippen LogP contribution in [0.25, 0.3) is 6.08 Å². The minimum absolute atomic E-state index is 0.0363. The van der Waals surface area contributed by atoms with E-state index in [0.717, 1.165) is 43.3 Å². The lowest BCUT2D eigenvalue weighted by atomic mass is 9.45. The van der Waals surface area contributed by atoms with Crippen LogP contribution in [0.5, 0.6) is 0 Å². The first-order chi connectivity index (χ1) is 16.5. The molecule has 1 aliphatic heterocycles. The third kappa shape index (κ3) is 3.82. The molecular formula is C31H42O3. The Labute approximate surface area is 205 Å². The van der Waals surface area contributed by atoms with Crippen molar-refractivity contribution in [1.82, 2.24) is 0 Å². The van der Waals surface area contributed by atoms with Crippen molar-refractivity contribution >= 4 is 11.9 Å². The number of fused-ring (bicyclic) bond motifs is 5. The zero-order valence-electron chi connectivity index (χ0n) is 21.1. The molecule has 1 aromatic rings. The van der Waals surface area contributed by atoms with Crippen molar-refractivity contribution in [3.8, 4) is 0 Å². The van der Waals surface area contributed by atoms with Crippen molar-refractivity contribution in [2.24, 2.45) is 34.5 Å². The van der Waals surface area contributed by atoms with Crippen LogP contribution in [0.15, 0.2) is 35.9 Å². The van der Waals surface area contributed by atoms with Crippen LogP contribution in [-0.4, -0.2) is 24.8 Å². The molecule has 4 aliphatic carbocycles. The van der Waals surface area contributed by atoms with E-state index in [1.807, 2.05) is 6.07 Å². The molecule has 1 heterocycles. The largest absolute Gasteiger partial charge is 0.353 e. The monoisotopic (exact) mass is 462 g/mol. The van der Waals surface area contributed by atoms with E-state index in [2.05, 4.69) is 44.2 Å². The van der Waals surface area contributed by atoms with Crippen LogP contribution in [0.4, 0.5) is 0 Å². The average molecular weight is 463 g/mol. The number of carbonyl (C=O) groups excluding carboxylic acids is 1. The third-order valence-corrected chi connectivity index (χ3v) is 10.9. The van der Waals surface area contributed by atoms with Crippen molar-refractivity contribution in [3.05, 3.63) is 41.5 Å². The molecule has 5 aliphatic rings. The quantitative estimate of drug-likeness (QED) is 0.352. The highest BCUT2D eigenvalue weighted by atomic mass is 16.7. The van der Waals surface area contributed by atoms with E-state index in [4.69, 9.17) is 9.47 Å². The Kier molecular flexibility index (Phi) is 6.01. The minimum Gasteiger partial charge on any atom is -0.353 e. The number of allylic oxidation sites excluding steroid dienone is 1. The number of benzene rings is 1. The summed E-state index contributed by atoms with van der Waals surface area (Å²) in [6.07, 6.45) is 15.6. The Morgan fingerprint density at radius 2 is 1.82 bits per heavy atom. The minimum atomic E-state index is -0.149. The fraction of sp³-hybridized carbons (Fsp3) is 0.710. The Morgan fingerprint density at radius 1 is 0.971 bits per heavy atom. The molecule has 0 N–H and O–H groups in total. The lowest BCUT2D eigenvalue weighted by Gasteiger charge is -2.60. The summed E-state index contributed by atoms with van der Waals surface area (Å²) in [6, 6.07) is 10.4. The molecule has 184 valence electrons. The van der Waals surface area contributed by atoms with Crippen LogP contribution in [0.1, 0.15) is 90.0 Å². The summed E-state index contributed by atoms with van der Waals surface area (Å²) in [5, 5.41) is 0. The molecule has 1 aromatic carbocycles. The molecule has 0 spiro atoms. The predicted octanol–water partition coefficient (Wildman–Crippen LogP) is 7.20. The SMILES string of the molecule is C[C@@]12CC[C@@H](O[C@@H]3CCCCO3)C[C@@H]1CC[C@H]1[C@H]2CC[C@]2(C)C(=O)/C(=C/c3ccccc3)C[C@H]12. The Balaban J connectivity index is 1.18. The van der Waals surface area contributed by atoms with E-state index in [-0.39, 0.29) is 11.7 Å². The normalized spacial score (nSPS) is 45.5. The first-order valence-electron chi connectivity index (χ1n) is 14.0. The molecule has 8 atom stereocenters. The molecule has 0 bridgehead atoms. The van der Waals surface area contributed by atoms with Crippen LogP contribution >= 0.6 is 0 Å². The third-order valence-electron chi connectivity index (χ3n) is 10.9. The van der Waals surface area contributed by atoms with Crippen molar-refractivity contribution in [2.75, 3.05) is 6.61 Å². The molecule has 0 unspecified atom stereocenters. The number of ketones is 1. The summed E-state index contributed by atoms with van der Waals surface area (Å²) in [6.45, 7) is 5.76. The van der Waals surface area contributed by atoms with Crippen molar-refractivity contribution in [3.63, 3.8) is 0 Å². The Hall–Kier alpha value is -1.45. The molecule has 4 saturated carbocycles. The predicted molar refractivity (Wildman–Crippen MR) is 135 cm³/mol. The van der Waals surface area contributed by atoms with Gasteiger partial charge in [-0.25, -0.2) is 0 Å². The summed E-state index contributed by atoms with van der Waals surface area (Å²) in [5.41, 5.74) is 2.51. The van der Waals surface area contributed by atoms with Crippen LogP contribution in [0.3, 0.4) is 0 Å². The zero-order chi connectivity index (χ0) is 23.3. The summed E-state index contributed by atoms with van der Waals surface area (Å²) >= 11 is 0. The van der Waals surface area contributed by atoms with Gasteiger partial charge in [0.2, 0.25) is 0 Å². The van der Waals surface area contributed by atoms with E-state index in [1.54, 1.807) is 0 Å². The first kappa shape index (κ1) is 23.0. The van der Waals surface area contributed by atoms with Gasteiger partial charge in [-0.2, -0.15) is 0 Å². The number of hydrogen-bond donors (Lipinski definition) is 0. The first-order valence-corrected chi connectivity index (χ1v) is 14.0. The maximum absolute atomic E-state index is 13.6. The number of carbonyl (C=O) groups is 1. The lowest BCUT2D eigenvalue weighted by molar-refractivity contribution is -0.211. The smallest absolute Gasteiger partial charge is 0.165 e. The highest BCUT2D eigenvalue weighted by Gasteiger charge is 2.61. The molecule has 3 nitrogen and oxygen atoms in total. The summed E-state index contributed by atoms with van der Waals surface area (Å²) in [7, 11) is 0. The fourth-order valence-electron chi connectivity index (χ4n) is 8.93. The standard InChI is InChI=1S/C31H42O3/c1-30-15-13-24(34-28-10-6-7-17-33-28)20-23(30)11-12-25-26(30)14-16-31(2)27(25)19-22(29(31)32)18-21-8-4-3-5-9-21/h3-5,8-9,18,23-28H,6-7,10-17,19-20H2,1-2H3/b22-18+/t23-,24+,25-,26+,27+,28+,30+,31-/m0/s1. The van der Waals surface area contributed by atoms with Crippen LogP contribution < -0.4 is 0 Å². The molecule has 1 saturated heterocycles. The van der Waals surface area contributed by atoms with E-state index in [0.29, 0.717) is 29.1 Å². The van der Waals surface area contributed by atoms with Gasteiger partial charge in [-0.15, -0.1) is 0 Å². The summed E-state index contributed by atoms with van der Waals surface area (Å²) in [4.78, 5) is 13.6. The van der Waals surface area contributed by atoms with Gasteiger partial charge < -0.3 is 9.47 Å². The van der Waals surface area contributed by atoms with Crippen LogP contribution in [-0.2, 0) is 14.3 Å². The van der Waals surface area contributed by atoms with Gasteiger partial charge in [0.05, 0.1) is 6.10 Å². The van der Waals surface area contributed by atoms with Gasteiger partial charge in [-0.3, -0.25) is 4.79 Å². The van der Waals surface area contributed by atoms with Gasteiger partial charge in [0.25, 0.3) is 0 Å². The molecule has 0 amide bonds. The van der Waals surface area contributed by atoms with Gasteiger partial charge in [0.15, 0.2) is 12.1 Å². The molecular weight excluding hydrogens is 420 g/mol. The van der Waals surface area contributed by atoms with Gasteiger partial charge in [0.1, 0.15) is 0 Å². The molecule has 34 heavy (non-hydrogen) atoms. The second kappa shape index (κ2) is 8.89. The molecule has 6 rings (SSSR count).